The van der Waals surface area contributed by atoms with Crippen molar-refractivity contribution in [2.75, 3.05) is 13.2 Å². The lowest BCUT2D eigenvalue weighted by molar-refractivity contribution is 0.0890. The quantitative estimate of drug-likeness (QED) is 0.846. The van der Waals surface area contributed by atoms with Gasteiger partial charge in [-0.15, -0.1) is 0 Å². The predicted octanol–water partition coefficient (Wildman–Crippen LogP) is 2.55. The van der Waals surface area contributed by atoms with Crippen LogP contribution in [0.2, 0.25) is 5.02 Å². The van der Waals surface area contributed by atoms with Gasteiger partial charge in [-0.25, -0.2) is 4.39 Å². The molecule has 0 amide bonds. The molecule has 1 aliphatic rings. The van der Waals surface area contributed by atoms with E-state index in [9.17, 15) is 9.50 Å². The van der Waals surface area contributed by atoms with Crippen molar-refractivity contribution in [3.63, 3.8) is 0 Å². The zero-order valence-electron chi connectivity index (χ0n) is 8.12. The predicted molar refractivity (Wildman–Crippen MR) is 55.3 cm³/mol. The topological polar surface area (TPSA) is 29.5 Å². The molecule has 1 aliphatic heterocycles. The highest BCUT2D eigenvalue weighted by molar-refractivity contribution is 6.31. The van der Waals surface area contributed by atoms with Gasteiger partial charge in [-0.3, -0.25) is 0 Å². The largest absolute Gasteiger partial charge is 0.388 e. The summed E-state index contributed by atoms with van der Waals surface area (Å²) in [7, 11) is 0. The third kappa shape index (κ3) is 2.14. The lowest BCUT2D eigenvalue weighted by atomic mass is 9.95. The molecule has 1 heterocycles. The van der Waals surface area contributed by atoms with E-state index in [-0.39, 0.29) is 16.5 Å². The summed E-state index contributed by atoms with van der Waals surface area (Å²) in [6, 6.07) is 4.41. The van der Waals surface area contributed by atoms with E-state index in [1.807, 2.05) is 0 Å². The van der Waals surface area contributed by atoms with Crippen molar-refractivity contribution in [1.29, 1.82) is 0 Å². The minimum absolute atomic E-state index is 0.0561. The van der Waals surface area contributed by atoms with Gasteiger partial charge >= 0.3 is 0 Å². The summed E-state index contributed by atoms with van der Waals surface area (Å²) >= 11 is 5.86. The fraction of sp³-hybridized carbons (Fsp3) is 0.455. The maximum Gasteiger partial charge on any atom is 0.130 e. The van der Waals surface area contributed by atoms with Gasteiger partial charge in [-0.1, -0.05) is 17.7 Å². The first-order valence-electron chi connectivity index (χ1n) is 4.90. The van der Waals surface area contributed by atoms with Crippen LogP contribution in [0.4, 0.5) is 4.39 Å². The van der Waals surface area contributed by atoms with Crippen LogP contribution in [0.25, 0.3) is 0 Å². The second kappa shape index (κ2) is 4.47. The number of aliphatic hydroxyl groups excluding tert-OH is 1. The van der Waals surface area contributed by atoms with Gasteiger partial charge < -0.3 is 9.84 Å². The first-order chi connectivity index (χ1) is 7.20. The van der Waals surface area contributed by atoms with E-state index >= 15 is 0 Å². The van der Waals surface area contributed by atoms with Crippen LogP contribution in [-0.2, 0) is 4.74 Å². The Morgan fingerprint density at radius 3 is 2.93 bits per heavy atom. The average molecular weight is 231 g/mol. The molecule has 0 radical (unpaired) electrons. The number of benzene rings is 1. The molecule has 0 bridgehead atoms. The third-order valence-corrected chi connectivity index (χ3v) is 3.04. The second-order valence-corrected chi connectivity index (χ2v) is 4.11. The normalized spacial score (nSPS) is 23.0. The van der Waals surface area contributed by atoms with Crippen LogP contribution in [0.3, 0.4) is 0 Å². The molecule has 1 fully saturated rings. The SMILES string of the molecule is OC(c1c(F)cccc1Cl)C1CCOC1. The van der Waals surface area contributed by atoms with Crippen molar-refractivity contribution >= 4 is 11.6 Å². The third-order valence-electron chi connectivity index (χ3n) is 2.71. The zero-order valence-corrected chi connectivity index (χ0v) is 8.88. The Hall–Kier alpha value is -0.640. The van der Waals surface area contributed by atoms with E-state index in [2.05, 4.69) is 0 Å². The maximum absolute atomic E-state index is 13.5. The van der Waals surface area contributed by atoms with Crippen molar-refractivity contribution in [3.8, 4) is 0 Å². The molecule has 1 aromatic carbocycles. The van der Waals surface area contributed by atoms with Crippen LogP contribution in [0, 0.1) is 11.7 Å². The van der Waals surface area contributed by atoms with Crippen LogP contribution >= 0.6 is 11.6 Å². The number of hydrogen-bond donors (Lipinski definition) is 1. The van der Waals surface area contributed by atoms with E-state index in [1.54, 1.807) is 6.07 Å². The monoisotopic (exact) mass is 230 g/mol. The first-order valence-corrected chi connectivity index (χ1v) is 5.27. The summed E-state index contributed by atoms with van der Waals surface area (Å²) in [5.41, 5.74) is 0.190. The van der Waals surface area contributed by atoms with Crippen molar-refractivity contribution in [1.82, 2.24) is 0 Å². The zero-order chi connectivity index (χ0) is 10.8. The van der Waals surface area contributed by atoms with E-state index in [0.29, 0.717) is 13.2 Å². The van der Waals surface area contributed by atoms with Crippen molar-refractivity contribution in [2.45, 2.75) is 12.5 Å². The molecule has 1 N–H and O–H groups in total. The molecule has 0 saturated carbocycles. The molecule has 82 valence electrons. The van der Waals surface area contributed by atoms with Gasteiger partial charge in [0.2, 0.25) is 0 Å². The standard InChI is InChI=1S/C11H12ClFO2/c12-8-2-1-3-9(13)10(8)11(14)7-4-5-15-6-7/h1-3,7,11,14H,4-6H2. The van der Waals surface area contributed by atoms with E-state index in [0.717, 1.165) is 6.42 Å². The van der Waals surface area contributed by atoms with Gasteiger partial charge in [0, 0.05) is 23.1 Å². The van der Waals surface area contributed by atoms with Gasteiger partial charge in [-0.2, -0.15) is 0 Å². The Labute approximate surface area is 92.6 Å². The summed E-state index contributed by atoms with van der Waals surface area (Å²) < 4.78 is 18.6. The Bertz CT molecular complexity index is 330. The van der Waals surface area contributed by atoms with Crippen LogP contribution in [0.1, 0.15) is 18.1 Å². The highest BCUT2D eigenvalue weighted by Gasteiger charge is 2.28. The lowest BCUT2D eigenvalue weighted by Gasteiger charge is -2.18. The Morgan fingerprint density at radius 1 is 1.53 bits per heavy atom. The molecule has 15 heavy (non-hydrogen) atoms. The van der Waals surface area contributed by atoms with Crippen LogP contribution in [0.5, 0.6) is 0 Å². The summed E-state index contributed by atoms with van der Waals surface area (Å²) in [6.45, 7) is 1.08. The highest BCUT2D eigenvalue weighted by Crippen LogP contribution is 2.34. The molecule has 2 rings (SSSR count). The molecule has 0 aromatic heterocycles. The molecule has 1 aromatic rings. The molecule has 2 nitrogen and oxygen atoms in total. The average Bonchev–Trinajstić information content (AvgIpc) is 2.69. The fourth-order valence-electron chi connectivity index (χ4n) is 1.83. The number of aliphatic hydroxyl groups is 1. The fourth-order valence-corrected chi connectivity index (χ4v) is 2.11. The number of ether oxygens (including phenoxy) is 1. The van der Waals surface area contributed by atoms with Gasteiger partial charge in [0.1, 0.15) is 5.82 Å². The van der Waals surface area contributed by atoms with Crippen molar-refractivity contribution in [2.24, 2.45) is 5.92 Å². The molecular weight excluding hydrogens is 219 g/mol. The Balaban J connectivity index is 2.27. The van der Waals surface area contributed by atoms with Gasteiger partial charge in [0.15, 0.2) is 0 Å². The molecule has 0 spiro atoms. The van der Waals surface area contributed by atoms with Crippen LogP contribution in [-0.4, -0.2) is 18.3 Å². The number of halogens is 2. The second-order valence-electron chi connectivity index (χ2n) is 3.70. The molecule has 4 heteroatoms. The maximum atomic E-state index is 13.5. The minimum atomic E-state index is -0.874. The number of rotatable bonds is 2. The van der Waals surface area contributed by atoms with Gasteiger partial charge in [0.25, 0.3) is 0 Å². The molecule has 1 saturated heterocycles. The molecular formula is C11H12ClFO2. The molecule has 2 unspecified atom stereocenters. The highest BCUT2D eigenvalue weighted by atomic mass is 35.5. The lowest BCUT2D eigenvalue weighted by Crippen LogP contribution is -2.14. The van der Waals surface area contributed by atoms with E-state index in [1.165, 1.54) is 12.1 Å². The Morgan fingerprint density at radius 2 is 2.33 bits per heavy atom. The first kappa shape index (κ1) is 10.9. The Kier molecular flexibility index (Phi) is 3.24. The summed E-state index contributed by atoms with van der Waals surface area (Å²) in [6.07, 6.45) is -0.132. The smallest absolute Gasteiger partial charge is 0.130 e. The molecule has 2 atom stereocenters. The van der Waals surface area contributed by atoms with Gasteiger partial charge in [-0.05, 0) is 18.6 Å². The van der Waals surface area contributed by atoms with E-state index < -0.39 is 11.9 Å². The summed E-state index contributed by atoms with van der Waals surface area (Å²) in [5, 5.41) is 10.3. The van der Waals surface area contributed by atoms with E-state index in [4.69, 9.17) is 16.3 Å². The number of hydrogen-bond acceptors (Lipinski definition) is 2. The van der Waals surface area contributed by atoms with Crippen molar-refractivity contribution in [3.05, 3.63) is 34.6 Å². The molecule has 0 aliphatic carbocycles. The minimum Gasteiger partial charge on any atom is -0.388 e. The van der Waals surface area contributed by atoms with Crippen LogP contribution < -0.4 is 0 Å². The van der Waals surface area contributed by atoms with Gasteiger partial charge in [0.05, 0.1) is 12.7 Å². The van der Waals surface area contributed by atoms with Crippen LogP contribution in [0.15, 0.2) is 18.2 Å². The summed E-state index contributed by atoms with van der Waals surface area (Å²) in [5.74, 6) is -0.513. The van der Waals surface area contributed by atoms with Crippen molar-refractivity contribution < 1.29 is 14.2 Å². The summed E-state index contributed by atoms with van der Waals surface area (Å²) in [4.78, 5) is 0.